The van der Waals surface area contributed by atoms with Crippen molar-refractivity contribution >= 4 is 16.6 Å². The Bertz CT molecular complexity index is 965. The number of ether oxygens (including phenoxy) is 2. The van der Waals surface area contributed by atoms with Gasteiger partial charge >= 0.3 is 0 Å². The van der Waals surface area contributed by atoms with Gasteiger partial charge in [0.1, 0.15) is 17.3 Å². The average Bonchev–Trinajstić information content (AvgIpc) is 2.78. The van der Waals surface area contributed by atoms with Crippen molar-refractivity contribution in [1.29, 1.82) is 0 Å². The second-order valence-corrected chi connectivity index (χ2v) is 7.04. The van der Waals surface area contributed by atoms with E-state index in [1.54, 1.807) is 14.2 Å². The van der Waals surface area contributed by atoms with E-state index in [0.717, 1.165) is 61.3 Å². The van der Waals surface area contributed by atoms with Gasteiger partial charge in [0, 0.05) is 43.2 Å². The number of pyridine rings is 1. The fourth-order valence-corrected chi connectivity index (χ4v) is 3.85. The molecule has 1 aliphatic rings. The lowest BCUT2D eigenvalue weighted by Crippen LogP contribution is -2.46. The Hall–Kier alpha value is -2.79. The minimum Gasteiger partial charge on any atom is -0.497 e. The summed E-state index contributed by atoms with van der Waals surface area (Å²) in [5.41, 5.74) is 1.90. The molecule has 5 heteroatoms. The average molecular weight is 377 g/mol. The maximum absolute atomic E-state index is 5.63. The summed E-state index contributed by atoms with van der Waals surface area (Å²) in [6.45, 7) is 7.46. The van der Waals surface area contributed by atoms with Crippen LogP contribution in [-0.2, 0) is 0 Å². The zero-order chi connectivity index (χ0) is 19.5. The molecule has 0 spiro atoms. The van der Waals surface area contributed by atoms with Crippen LogP contribution in [0.5, 0.6) is 11.5 Å². The lowest BCUT2D eigenvalue weighted by molar-refractivity contribution is 0.271. The third-order valence-electron chi connectivity index (χ3n) is 5.52. The molecule has 0 amide bonds. The van der Waals surface area contributed by atoms with Gasteiger partial charge in [0.05, 0.1) is 19.9 Å². The summed E-state index contributed by atoms with van der Waals surface area (Å²) >= 11 is 0. The second kappa shape index (κ2) is 8.07. The number of fused-ring (bicyclic) bond motifs is 1. The first-order chi connectivity index (χ1) is 13.7. The van der Waals surface area contributed by atoms with Crippen molar-refractivity contribution in [3.8, 4) is 22.8 Å². The molecule has 2 heterocycles. The molecule has 1 aliphatic heterocycles. The Morgan fingerprint density at radius 1 is 0.929 bits per heavy atom. The normalized spacial score (nSPS) is 15.0. The number of likely N-dealkylation sites (N-methyl/N-ethyl adjacent to an activating group) is 1. The van der Waals surface area contributed by atoms with Gasteiger partial charge in [-0.25, -0.2) is 4.98 Å². The number of piperazine rings is 1. The van der Waals surface area contributed by atoms with E-state index >= 15 is 0 Å². The minimum atomic E-state index is 0.767. The van der Waals surface area contributed by atoms with E-state index in [4.69, 9.17) is 14.5 Å². The van der Waals surface area contributed by atoms with E-state index in [1.165, 1.54) is 10.8 Å². The lowest BCUT2D eigenvalue weighted by atomic mass is 10.0. The quantitative estimate of drug-likeness (QED) is 0.670. The van der Waals surface area contributed by atoms with E-state index in [9.17, 15) is 0 Å². The standard InChI is InChI=1S/C23H27N3O2/c1-4-25-11-13-26(14-12-25)23-19-8-6-5-7-17(19)15-21(24-23)20-10-9-18(27-2)16-22(20)28-3/h5-10,15-16H,4,11-14H2,1-3H3. The van der Waals surface area contributed by atoms with Gasteiger partial charge in [0.2, 0.25) is 0 Å². The minimum absolute atomic E-state index is 0.767. The van der Waals surface area contributed by atoms with Crippen LogP contribution >= 0.6 is 0 Å². The van der Waals surface area contributed by atoms with E-state index in [2.05, 4.69) is 47.1 Å². The number of rotatable bonds is 5. The van der Waals surface area contributed by atoms with Crippen LogP contribution < -0.4 is 14.4 Å². The van der Waals surface area contributed by atoms with Crippen LogP contribution in [0.15, 0.2) is 48.5 Å². The number of anilines is 1. The number of hydrogen-bond donors (Lipinski definition) is 0. The van der Waals surface area contributed by atoms with Gasteiger partial charge in [0.15, 0.2) is 0 Å². The van der Waals surface area contributed by atoms with Crippen molar-refractivity contribution in [2.75, 3.05) is 51.8 Å². The van der Waals surface area contributed by atoms with Crippen LogP contribution in [-0.4, -0.2) is 56.8 Å². The summed E-state index contributed by atoms with van der Waals surface area (Å²) in [5, 5.41) is 2.39. The zero-order valence-electron chi connectivity index (χ0n) is 16.8. The van der Waals surface area contributed by atoms with Crippen LogP contribution in [0.25, 0.3) is 22.0 Å². The maximum atomic E-state index is 5.63. The van der Waals surface area contributed by atoms with Crippen molar-refractivity contribution < 1.29 is 9.47 Å². The van der Waals surface area contributed by atoms with E-state index in [1.807, 2.05) is 18.2 Å². The van der Waals surface area contributed by atoms with E-state index in [-0.39, 0.29) is 0 Å². The highest BCUT2D eigenvalue weighted by atomic mass is 16.5. The Balaban J connectivity index is 1.81. The number of aromatic nitrogens is 1. The first-order valence-corrected chi connectivity index (χ1v) is 9.83. The van der Waals surface area contributed by atoms with Crippen molar-refractivity contribution in [1.82, 2.24) is 9.88 Å². The molecule has 0 N–H and O–H groups in total. The highest BCUT2D eigenvalue weighted by molar-refractivity contribution is 5.95. The van der Waals surface area contributed by atoms with Crippen LogP contribution in [0.4, 0.5) is 5.82 Å². The van der Waals surface area contributed by atoms with Gasteiger partial charge in [-0.05, 0) is 30.1 Å². The smallest absolute Gasteiger partial charge is 0.137 e. The predicted octanol–water partition coefficient (Wildman–Crippen LogP) is 4.06. The van der Waals surface area contributed by atoms with Crippen molar-refractivity contribution in [3.63, 3.8) is 0 Å². The van der Waals surface area contributed by atoms with E-state index in [0.29, 0.717) is 0 Å². The highest BCUT2D eigenvalue weighted by Crippen LogP contribution is 2.36. The van der Waals surface area contributed by atoms with Gasteiger partial charge < -0.3 is 19.3 Å². The van der Waals surface area contributed by atoms with Crippen LogP contribution in [0.1, 0.15) is 6.92 Å². The molecule has 2 aromatic carbocycles. The fraction of sp³-hybridized carbons (Fsp3) is 0.348. The third-order valence-corrected chi connectivity index (χ3v) is 5.52. The fourth-order valence-electron chi connectivity index (χ4n) is 3.85. The SMILES string of the molecule is CCN1CCN(c2nc(-c3ccc(OC)cc3OC)cc3ccccc23)CC1. The maximum Gasteiger partial charge on any atom is 0.137 e. The summed E-state index contributed by atoms with van der Waals surface area (Å²) in [6.07, 6.45) is 0. The molecule has 1 aromatic heterocycles. The molecule has 146 valence electrons. The first kappa shape index (κ1) is 18.6. The van der Waals surface area contributed by atoms with E-state index < -0.39 is 0 Å². The molecule has 0 aliphatic carbocycles. The molecule has 0 unspecified atom stereocenters. The summed E-state index contributed by atoms with van der Waals surface area (Å²) < 4.78 is 11.0. The van der Waals surface area contributed by atoms with Crippen LogP contribution in [0, 0.1) is 0 Å². The summed E-state index contributed by atoms with van der Waals surface area (Å²) in [5.74, 6) is 2.60. The molecule has 28 heavy (non-hydrogen) atoms. The predicted molar refractivity (Wildman–Crippen MR) is 115 cm³/mol. The lowest BCUT2D eigenvalue weighted by Gasteiger charge is -2.35. The van der Waals surface area contributed by atoms with Crippen LogP contribution in [0.3, 0.4) is 0 Å². The van der Waals surface area contributed by atoms with Crippen molar-refractivity contribution in [3.05, 3.63) is 48.5 Å². The van der Waals surface area contributed by atoms with Gasteiger partial charge in [-0.1, -0.05) is 31.2 Å². The van der Waals surface area contributed by atoms with Gasteiger partial charge in [0.25, 0.3) is 0 Å². The monoisotopic (exact) mass is 377 g/mol. The Morgan fingerprint density at radius 2 is 1.71 bits per heavy atom. The van der Waals surface area contributed by atoms with Gasteiger partial charge in [-0.3, -0.25) is 0 Å². The zero-order valence-corrected chi connectivity index (χ0v) is 16.8. The Morgan fingerprint density at radius 3 is 2.43 bits per heavy atom. The van der Waals surface area contributed by atoms with Gasteiger partial charge in [-0.2, -0.15) is 0 Å². The van der Waals surface area contributed by atoms with Crippen LogP contribution in [0.2, 0.25) is 0 Å². The number of benzene rings is 2. The number of nitrogens with zero attached hydrogens (tertiary/aromatic N) is 3. The first-order valence-electron chi connectivity index (χ1n) is 9.83. The van der Waals surface area contributed by atoms with Crippen molar-refractivity contribution in [2.24, 2.45) is 0 Å². The largest absolute Gasteiger partial charge is 0.497 e. The molecule has 1 fully saturated rings. The molecule has 0 saturated carbocycles. The molecule has 0 radical (unpaired) electrons. The summed E-state index contributed by atoms with van der Waals surface area (Å²) in [4.78, 5) is 9.99. The molecule has 0 atom stereocenters. The molecule has 5 nitrogen and oxygen atoms in total. The molecular weight excluding hydrogens is 350 g/mol. The Kier molecular flexibility index (Phi) is 5.35. The number of methoxy groups -OCH3 is 2. The number of hydrogen-bond acceptors (Lipinski definition) is 5. The topological polar surface area (TPSA) is 37.8 Å². The summed E-state index contributed by atoms with van der Waals surface area (Å²) in [7, 11) is 3.35. The molecule has 0 bridgehead atoms. The second-order valence-electron chi connectivity index (χ2n) is 7.04. The molecule has 3 aromatic rings. The highest BCUT2D eigenvalue weighted by Gasteiger charge is 2.20. The molecular formula is C23H27N3O2. The molecule has 4 rings (SSSR count). The van der Waals surface area contributed by atoms with Crippen molar-refractivity contribution in [2.45, 2.75) is 6.92 Å². The van der Waals surface area contributed by atoms with Gasteiger partial charge in [-0.15, -0.1) is 0 Å². The Labute approximate surface area is 166 Å². The summed E-state index contributed by atoms with van der Waals surface area (Å²) in [6, 6.07) is 16.5. The molecule has 1 saturated heterocycles. The third kappa shape index (κ3) is 3.50.